The summed E-state index contributed by atoms with van der Waals surface area (Å²) >= 11 is 0. The van der Waals surface area contributed by atoms with Gasteiger partial charge in [-0.15, -0.1) is 0 Å². The molecule has 2 aromatic rings. The minimum absolute atomic E-state index is 0.176. The third-order valence-electron chi connectivity index (χ3n) is 3.81. The second-order valence-electron chi connectivity index (χ2n) is 5.53. The van der Waals surface area contributed by atoms with Crippen LogP contribution in [0, 0.1) is 11.8 Å². The van der Waals surface area contributed by atoms with E-state index in [0.29, 0.717) is 19.5 Å². The lowest BCUT2D eigenvalue weighted by Gasteiger charge is -2.07. The van der Waals surface area contributed by atoms with Crippen LogP contribution in [-0.2, 0) is 22.7 Å². The topological polar surface area (TPSA) is 84.2 Å². The number of rotatable bonds is 6. The van der Waals surface area contributed by atoms with Gasteiger partial charge in [0.1, 0.15) is 0 Å². The van der Waals surface area contributed by atoms with Gasteiger partial charge in [-0.05, 0) is 23.6 Å². The maximum Gasteiger partial charge on any atom is 0.307 e. The second kappa shape index (κ2) is 6.01. The quantitative estimate of drug-likeness (QED) is 0.841. The Labute approximate surface area is 127 Å². The summed E-state index contributed by atoms with van der Waals surface area (Å²) in [4.78, 5) is 22.6. The summed E-state index contributed by atoms with van der Waals surface area (Å²) < 4.78 is 1.83. The van der Waals surface area contributed by atoms with Crippen LogP contribution in [0.25, 0.3) is 0 Å². The third-order valence-corrected chi connectivity index (χ3v) is 3.81. The highest BCUT2D eigenvalue weighted by Crippen LogP contribution is 2.38. The summed E-state index contributed by atoms with van der Waals surface area (Å²) in [5, 5.41) is 15.8. The van der Waals surface area contributed by atoms with Gasteiger partial charge in [-0.25, -0.2) is 0 Å². The average molecular weight is 299 g/mol. The zero-order valence-electron chi connectivity index (χ0n) is 12.0. The summed E-state index contributed by atoms with van der Waals surface area (Å²) in [5.41, 5.74) is 2.09. The van der Waals surface area contributed by atoms with Crippen molar-refractivity contribution in [2.75, 3.05) is 0 Å². The number of nitrogens with one attached hydrogen (secondary N) is 1. The van der Waals surface area contributed by atoms with E-state index in [1.54, 1.807) is 6.20 Å². The molecule has 2 atom stereocenters. The van der Waals surface area contributed by atoms with Crippen molar-refractivity contribution in [2.45, 2.75) is 19.5 Å². The monoisotopic (exact) mass is 299 g/mol. The van der Waals surface area contributed by atoms with Crippen molar-refractivity contribution in [3.05, 3.63) is 53.9 Å². The number of hydrogen-bond donors (Lipinski definition) is 2. The number of nitrogens with zero attached hydrogens (tertiary/aromatic N) is 2. The second-order valence-corrected chi connectivity index (χ2v) is 5.53. The molecule has 1 aromatic heterocycles. The van der Waals surface area contributed by atoms with E-state index in [2.05, 4.69) is 10.4 Å². The van der Waals surface area contributed by atoms with Crippen molar-refractivity contribution in [3.8, 4) is 0 Å². The largest absolute Gasteiger partial charge is 0.481 e. The van der Waals surface area contributed by atoms with Gasteiger partial charge >= 0.3 is 5.97 Å². The molecule has 6 nitrogen and oxygen atoms in total. The molecule has 0 unspecified atom stereocenters. The van der Waals surface area contributed by atoms with Crippen LogP contribution in [0.2, 0.25) is 0 Å². The fourth-order valence-corrected chi connectivity index (χ4v) is 2.50. The molecule has 1 amide bonds. The Bertz CT molecular complexity index is 682. The van der Waals surface area contributed by atoms with Crippen LogP contribution < -0.4 is 5.32 Å². The van der Waals surface area contributed by atoms with Crippen molar-refractivity contribution in [3.63, 3.8) is 0 Å². The van der Waals surface area contributed by atoms with Crippen LogP contribution in [0.4, 0.5) is 0 Å². The summed E-state index contributed by atoms with van der Waals surface area (Å²) in [6.45, 7) is 1.09. The highest BCUT2D eigenvalue weighted by atomic mass is 16.4. The maximum atomic E-state index is 11.8. The molecule has 0 saturated heterocycles. The van der Waals surface area contributed by atoms with E-state index >= 15 is 0 Å². The van der Waals surface area contributed by atoms with Crippen LogP contribution in [-0.4, -0.2) is 26.8 Å². The normalized spacial score (nSPS) is 19.6. The minimum Gasteiger partial charge on any atom is -0.481 e. The Balaban J connectivity index is 1.55. The highest BCUT2D eigenvalue weighted by molar-refractivity contribution is 5.89. The van der Waals surface area contributed by atoms with Gasteiger partial charge in [0.15, 0.2) is 0 Å². The standard InChI is InChI=1S/C16H17N3O3/c20-15(13-8-14(13)16(21)22)17-9-11-3-1-4-12(7-11)10-19-6-2-5-18-19/h1-7,13-14H,8-10H2,(H,17,20)(H,21,22)/t13-,14-/m1/s1. The molecule has 1 aliphatic rings. The lowest BCUT2D eigenvalue weighted by atomic mass is 10.1. The lowest BCUT2D eigenvalue weighted by molar-refractivity contribution is -0.140. The van der Waals surface area contributed by atoms with Gasteiger partial charge in [0, 0.05) is 18.9 Å². The molecule has 1 aliphatic carbocycles. The van der Waals surface area contributed by atoms with Crippen molar-refractivity contribution >= 4 is 11.9 Å². The number of aliphatic carboxylic acids is 1. The molecule has 22 heavy (non-hydrogen) atoms. The van der Waals surface area contributed by atoms with Crippen LogP contribution in [0.1, 0.15) is 17.5 Å². The summed E-state index contributed by atoms with van der Waals surface area (Å²) in [5.74, 6) is -1.94. The Morgan fingerprint density at radius 2 is 2.09 bits per heavy atom. The predicted octanol–water partition coefficient (Wildman–Crippen LogP) is 1.27. The molecule has 0 radical (unpaired) electrons. The van der Waals surface area contributed by atoms with Gasteiger partial charge in [-0.1, -0.05) is 24.3 Å². The first-order chi connectivity index (χ1) is 10.6. The molecule has 1 fully saturated rings. The molecule has 1 aromatic carbocycles. The predicted molar refractivity (Wildman–Crippen MR) is 78.9 cm³/mol. The highest BCUT2D eigenvalue weighted by Gasteiger charge is 2.48. The Kier molecular flexibility index (Phi) is 3.91. The van der Waals surface area contributed by atoms with Crippen LogP contribution in [0.5, 0.6) is 0 Å². The van der Waals surface area contributed by atoms with Gasteiger partial charge in [-0.3, -0.25) is 14.3 Å². The van der Waals surface area contributed by atoms with Crippen molar-refractivity contribution in [1.82, 2.24) is 15.1 Å². The Morgan fingerprint density at radius 3 is 2.77 bits per heavy atom. The van der Waals surface area contributed by atoms with Crippen LogP contribution in [0.3, 0.4) is 0 Å². The van der Waals surface area contributed by atoms with E-state index in [1.165, 1.54) is 0 Å². The first-order valence-corrected chi connectivity index (χ1v) is 7.19. The molecule has 6 heteroatoms. The van der Waals surface area contributed by atoms with Crippen LogP contribution in [0.15, 0.2) is 42.7 Å². The number of carboxylic acid groups (broad SMARTS) is 1. The summed E-state index contributed by atoms with van der Waals surface area (Å²) in [6, 6.07) is 9.78. The average Bonchev–Trinajstić information content (AvgIpc) is 3.17. The molecule has 3 rings (SSSR count). The van der Waals surface area contributed by atoms with Gasteiger partial charge in [-0.2, -0.15) is 5.10 Å². The zero-order chi connectivity index (χ0) is 15.5. The molecular formula is C16H17N3O3. The van der Waals surface area contributed by atoms with E-state index < -0.39 is 11.9 Å². The molecule has 1 heterocycles. The van der Waals surface area contributed by atoms with E-state index in [1.807, 2.05) is 41.2 Å². The van der Waals surface area contributed by atoms with Crippen molar-refractivity contribution < 1.29 is 14.7 Å². The van der Waals surface area contributed by atoms with E-state index in [-0.39, 0.29) is 11.8 Å². The molecule has 0 bridgehead atoms. The molecule has 0 spiro atoms. The SMILES string of the molecule is O=C(O)[C@@H]1C[C@H]1C(=O)NCc1cccc(Cn2cccn2)c1. The molecule has 2 N–H and O–H groups in total. The number of hydrogen-bond acceptors (Lipinski definition) is 3. The number of carbonyl (C=O) groups excluding carboxylic acids is 1. The lowest BCUT2D eigenvalue weighted by Crippen LogP contribution is -2.26. The molecule has 1 saturated carbocycles. The molecule has 114 valence electrons. The zero-order valence-corrected chi connectivity index (χ0v) is 12.0. The number of amides is 1. The van der Waals surface area contributed by atoms with Gasteiger partial charge in [0.25, 0.3) is 0 Å². The smallest absolute Gasteiger partial charge is 0.307 e. The Hall–Kier alpha value is -2.63. The number of benzene rings is 1. The van der Waals surface area contributed by atoms with E-state index in [9.17, 15) is 9.59 Å². The van der Waals surface area contributed by atoms with Gasteiger partial charge in [0.05, 0.1) is 18.4 Å². The minimum atomic E-state index is -0.888. The van der Waals surface area contributed by atoms with Gasteiger partial charge < -0.3 is 10.4 Å². The van der Waals surface area contributed by atoms with E-state index in [0.717, 1.165) is 11.1 Å². The summed E-state index contributed by atoms with van der Waals surface area (Å²) in [6.07, 6.45) is 4.08. The van der Waals surface area contributed by atoms with Crippen molar-refractivity contribution in [1.29, 1.82) is 0 Å². The number of carbonyl (C=O) groups is 2. The van der Waals surface area contributed by atoms with Crippen molar-refractivity contribution in [2.24, 2.45) is 11.8 Å². The number of carboxylic acids is 1. The third kappa shape index (κ3) is 3.33. The maximum absolute atomic E-state index is 11.8. The van der Waals surface area contributed by atoms with Gasteiger partial charge in [0.2, 0.25) is 5.91 Å². The van der Waals surface area contributed by atoms with E-state index in [4.69, 9.17) is 5.11 Å². The molecule has 0 aliphatic heterocycles. The fourth-order valence-electron chi connectivity index (χ4n) is 2.50. The summed E-state index contributed by atoms with van der Waals surface area (Å²) in [7, 11) is 0. The first kappa shape index (κ1) is 14.3. The van der Waals surface area contributed by atoms with Crippen LogP contribution >= 0.6 is 0 Å². The number of aromatic nitrogens is 2. The molecular weight excluding hydrogens is 282 g/mol. The Morgan fingerprint density at radius 1 is 1.27 bits per heavy atom. The fraction of sp³-hybridized carbons (Fsp3) is 0.312. The first-order valence-electron chi connectivity index (χ1n) is 7.19.